The highest BCUT2D eigenvalue weighted by atomic mass is 79.9. The second kappa shape index (κ2) is 5.18. The minimum absolute atomic E-state index is 0.225. The van der Waals surface area contributed by atoms with Gasteiger partial charge >= 0.3 is 0 Å². The molecule has 0 N–H and O–H groups in total. The minimum atomic E-state index is -0.432. The maximum absolute atomic E-state index is 13.5. The molecule has 0 aliphatic rings. The van der Waals surface area contributed by atoms with Gasteiger partial charge in [-0.15, -0.1) is 6.42 Å². The molecule has 1 nitrogen and oxygen atoms in total. The predicted octanol–water partition coefficient (Wildman–Crippen LogP) is 3.60. The summed E-state index contributed by atoms with van der Waals surface area (Å²) in [6.45, 7) is 4.48. The average Bonchev–Trinajstić information content (AvgIpc) is 2.15. The van der Waals surface area contributed by atoms with Crippen molar-refractivity contribution in [3.05, 3.63) is 28.0 Å². The normalized spacial score (nSPS) is 10.1. The topological polar surface area (TPSA) is 9.23 Å². The van der Waals surface area contributed by atoms with E-state index in [0.29, 0.717) is 22.6 Å². The first-order valence-electron chi connectivity index (χ1n) is 4.63. The molecule has 0 radical (unpaired) electrons. The van der Waals surface area contributed by atoms with Crippen LogP contribution in [0.2, 0.25) is 0 Å². The second-order valence-corrected chi connectivity index (χ2v) is 4.47. The Hall–Kier alpha value is -1.01. The molecule has 1 aromatic rings. The Morgan fingerprint density at radius 1 is 1.53 bits per heavy atom. The molecule has 0 aromatic heterocycles. The van der Waals surface area contributed by atoms with Crippen LogP contribution in [0.3, 0.4) is 0 Å². The highest BCUT2D eigenvalue weighted by molar-refractivity contribution is 9.10. The molecule has 1 aromatic carbocycles. The van der Waals surface area contributed by atoms with E-state index >= 15 is 0 Å². The second-order valence-electron chi connectivity index (χ2n) is 3.62. The molecule has 3 heteroatoms. The van der Waals surface area contributed by atoms with Gasteiger partial charge in [0, 0.05) is 5.56 Å². The Morgan fingerprint density at radius 3 is 2.67 bits per heavy atom. The van der Waals surface area contributed by atoms with Crippen LogP contribution in [0.15, 0.2) is 16.6 Å². The van der Waals surface area contributed by atoms with Gasteiger partial charge in [0.15, 0.2) is 11.6 Å². The van der Waals surface area contributed by atoms with E-state index in [1.165, 1.54) is 6.07 Å². The van der Waals surface area contributed by atoms with Crippen molar-refractivity contribution in [2.75, 3.05) is 6.61 Å². The summed E-state index contributed by atoms with van der Waals surface area (Å²) in [5.74, 6) is 2.52. The lowest BCUT2D eigenvalue weighted by Gasteiger charge is -2.11. The molecule has 0 atom stereocenters. The van der Waals surface area contributed by atoms with Gasteiger partial charge < -0.3 is 4.74 Å². The summed E-state index contributed by atoms with van der Waals surface area (Å²) in [6.07, 6.45) is 5.18. The van der Waals surface area contributed by atoms with E-state index in [1.807, 2.05) is 13.8 Å². The highest BCUT2D eigenvalue weighted by Gasteiger charge is 2.10. The van der Waals surface area contributed by atoms with Gasteiger partial charge in [-0.05, 0) is 34.0 Å². The first-order chi connectivity index (χ1) is 7.04. The number of halogens is 2. The van der Waals surface area contributed by atoms with Gasteiger partial charge in [-0.25, -0.2) is 4.39 Å². The van der Waals surface area contributed by atoms with Crippen molar-refractivity contribution < 1.29 is 9.13 Å². The number of benzene rings is 1. The maximum atomic E-state index is 13.5. The van der Waals surface area contributed by atoms with Crippen LogP contribution in [0.1, 0.15) is 19.4 Å². The van der Waals surface area contributed by atoms with Crippen LogP contribution in [-0.4, -0.2) is 6.61 Å². The smallest absolute Gasteiger partial charge is 0.169 e. The summed E-state index contributed by atoms with van der Waals surface area (Å²) in [7, 11) is 0. The fourth-order valence-electron chi connectivity index (χ4n) is 1.03. The van der Waals surface area contributed by atoms with E-state index in [-0.39, 0.29) is 5.75 Å². The summed E-state index contributed by atoms with van der Waals surface area (Å²) in [6, 6.07) is 2.96. The van der Waals surface area contributed by atoms with Crippen LogP contribution in [0.4, 0.5) is 4.39 Å². The monoisotopic (exact) mass is 270 g/mol. The van der Waals surface area contributed by atoms with Crippen molar-refractivity contribution in [3.8, 4) is 18.1 Å². The molecule has 0 aliphatic carbocycles. The van der Waals surface area contributed by atoms with E-state index in [9.17, 15) is 4.39 Å². The predicted molar refractivity (Wildman–Crippen MR) is 62.4 cm³/mol. The molecule has 15 heavy (non-hydrogen) atoms. The highest BCUT2D eigenvalue weighted by Crippen LogP contribution is 2.29. The summed E-state index contributed by atoms with van der Waals surface area (Å²) in [5.41, 5.74) is 0.497. The molecule has 0 spiro atoms. The van der Waals surface area contributed by atoms with Crippen molar-refractivity contribution in [1.82, 2.24) is 0 Å². The standard InChI is InChI=1S/C12H12BrFO/c1-4-9-5-10(13)12(11(14)6-9)15-7-8(2)3/h1,5-6,8H,7H2,2-3H3. The van der Waals surface area contributed by atoms with E-state index in [4.69, 9.17) is 11.2 Å². The summed E-state index contributed by atoms with van der Waals surface area (Å²) in [4.78, 5) is 0. The maximum Gasteiger partial charge on any atom is 0.169 e. The van der Waals surface area contributed by atoms with Crippen LogP contribution in [0.25, 0.3) is 0 Å². The molecule has 0 heterocycles. The SMILES string of the molecule is C#Cc1cc(F)c(OCC(C)C)c(Br)c1. The molecule has 0 bridgehead atoms. The molecule has 0 saturated heterocycles. The molecule has 0 amide bonds. The van der Waals surface area contributed by atoms with Gasteiger partial charge in [0.25, 0.3) is 0 Å². The molecular weight excluding hydrogens is 259 g/mol. The Labute approximate surface area is 97.8 Å². The zero-order valence-corrected chi connectivity index (χ0v) is 10.3. The lowest BCUT2D eigenvalue weighted by Crippen LogP contribution is -2.06. The minimum Gasteiger partial charge on any atom is -0.489 e. The zero-order valence-electron chi connectivity index (χ0n) is 8.68. The van der Waals surface area contributed by atoms with Gasteiger partial charge in [-0.3, -0.25) is 0 Å². The average molecular weight is 271 g/mol. The third-order valence-electron chi connectivity index (χ3n) is 1.73. The van der Waals surface area contributed by atoms with Crippen molar-refractivity contribution >= 4 is 15.9 Å². The Kier molecular flexibility index (Phi) is 4.16. The molecule has 80 valence electrons. The van der Waals surface area contributed by atoms with Crippen LogP contribution in [0, 0.1) is 24.1 Å². The quantitative estimate of drug-likeness (QED) is 0.763. The molecule has 0 fully saturated rings. The van der Waals surface area contributed by atoms with E-state index in [1.54, 1.807) is 6.07 Å². The third-order valence-corrected chi connectivity index (χ3v) is 2.31. The molecule has 1 rings (SSSR count). The number of terminal acetylenes is 1. The van der Waals surface area contributed by atoms with Gasteiger partial charge in [-0.2, -0.15) is 0 Å². The van der Waals surface area contributed by atoms with Crippen molar-refractivity contribution in [2.24, 2.45) is 5.92 Å². The number of hydrogen-bond donors (Lipinski definition) is 0. The van der Waals surface area contributed by atoms with E-state index < -0.39 is 5.82 Å². The molecule has 0 aliphatic heterocycles. The Bertz CT molecular complexity index is 370. The number of hydrogen-bond acceptors (Lipinski definition) is 1. The number of ether oxygens (including phenoxy) is 1. The van der Waals surface area contributed by atoms with E-state index in [2.05, 4.69) is 21.9 Å². The Balaban J connectivity index is 2.94. The fraction of sp³-hybridized carbons (Fsp3) is 0.333. The lowest BCUT2D eigenvalue weighted by atomic mass is 10.2. The van der Waals surface area contributed by atoms with Gasteiger partial charge in [-0.1, -0.05) is 19.8 Å². The van der Waals surface area contributed by atoms with Crippen molar-refractivity contribution in [3.63, 3.8) is 0 Å². The van der Waals surface area contributed by atoms with Gasteiger partial charge in [0.2, 0.25) is 0 Å². The van der Waals surface area contributed by atoms with Crippen LogP contribution < -0.4 is 4.74 Å². The Morgan fingerprint density at radius 2 is 2.20 bits per heavy atom. The van der Waals surface area contributed by atoms with Crippen LogP contribution in [-0.2, 0) is 0 Å². The van der Waals surface area contributed by atoms with E-state index in [0.717, 1.165) is 0 Å². The zero-order chi connectivity index (χ0) is 11.4. The summed E-state index contributed by atoms with van der Waals surface area (Å²) >= 11 is 3.23. The lowest BCUT2D eigenvalue weighted by molar-refractivity contribution is 0.257. The molecule has 0 saturated carbocycles. The van der Waals surface area contributed by atoms with Gasteiger partial charge in [0.05, 0.1) is 11.1 Å². The summed E-state index contributed by atoms with van der Waals surface area (Å²) in [5, 5.41) is 0. The third kappa shape index (κ3) is 3.24. The molecular formula is C12H12BrFO. The first-order valence-corrected chi connectivity index (χ1v) is 5.42. The molecule has 0 unspecified atom stereocenters. The van der Waals surface area contributed by atoms with Crippen LogP contribution >= 0.6 is 15.9 Å². The largest absolute Gasteiger partial charge is 0.489 e. The van der Waals surface area contributed by atoms with Crippen molar-refractivity contribution in [2.45, 2.75) is 13.8 Å². The first kappa shape index (κ1) is 12.1. The van der Waals surface area contributed by atoms with Crippen molar-refractivity contribution in [1.29, 1.82) is 0 Å². The van der Waals surface area contributed by atoms with Crippen LogP contribution in [0.5, 0.6) is 5.75 Å². The summed E-state index contributed by atoms with van der Waals surface area (Å²) < 4.78 is 19.4. The number of rotatable bonds is 3. The van der Waals surface area contributed by atoms with Gasteiger partial charge in [0.1, 0.15) is 0 Å². The fourth-order valence-corrected chi connectivity index (χ4v) is 1.58.